The molecule has 2 heteroatoms. The number of hydrogen-bond acceptors (Lipinski definition) is 2. The summed E-state index contributed by atoms with van der Waals surface area (Å²) in [5.74, 6) is 0.0366. The summed E-state index contributed by atoms with van der Waals surface area (Å²) in [6.45, 7) is 7.33. The molecule has 0 aliphatic heterocycles. The number of rotatable bonds is 1. The van der Waals surface area contributed by atoms with Crippen LogP contribution in [0.2, 0.25) is 0 Å². The molecule has 0 aromatic heterocycles. The second kappa shape index (κ2) is 3.23. The van der Waals surface area contributed by atoms with Crippen LogP contribution in [0.3, 0.4) is 0 Å². The van der Waals surface area contributed by atoms with Gasteiger partial charge < -0.3 is 5.11 Å². The van der Waals surface area contributed by atoms with Gasteiger partial charge in [-0.1, -0.05) is 12.2 Å². The zero-order valence-corrected chi connectivity index (χ0v) is 7.50. The highest BCUT2D eigenvalue weighted by atomic mass is 16.3. The molecule has 0 saturated carbocycles. The number of aliphatic hydroxyl groups is 1. The third kappa shape index (κ3) is 1.64. The fourth-order valence-corrected chi connectivity index (χ4v) is 1.41. The lowest BCUT2D eigenvalue weighted by Crippen LogP contribution is -2.27. The van der Waals surface area contributed by atoms with E-state index in [1.807, 2.05) is 6.92 Å². The van der Waals surface area contributed by atoms with Crippen LogP contribution in [0, 0.1) is 5.92 Å². The highest BCUT2D eigenvalue weighted by Crippen LogP contribution is 2.25. The molecule has 0 aromatic carbocycles. The summed E-state index contributed by atoms with van der Waals surface area (Å²) in [6, 6.07) is 0. The first-order chi connectivity index (χ1) is 5.52. The van der Waals surface area contributed by atoms with E-state index in [4.69, 9.17) is 0 Å². The molecule has 2 nitrogen and oxygen atoms in total. The fraction of sp³-hybridized carbons (Fsp3) is 0.500. The van der Waals surface area contributed by atoms with Crippen molar-refractivity contribution in [2.75, 3.05) is 0 Å². The zero-order chi connectivity index (χ0) is 9.30. The van der Waals surface area contributed by atoms with Crippen LogP contribution in [0.5, 0.6) is 0 Å². The average Bonchev–Trinajstić information content (AvgIpc) is 1.96. The third-order valence-corrected chi connectivity index (χ3v) is 2.31. The van der Waals surface area contributed by atoms with Crippen molar-refractivity contribution in [2.45, 2.75) is 26.4 Å². The molecule has 0 saturated heterocycles. The minimum absolute atomic E-state index is 0.0822. The normalized spacial score (nSPS) is 29.9. The third-order valence-electron chi connectivity index (χ3n) is 2.31. The van der Waals surface area contributed by atoms with Gasteiger partial charge in [-0.2, -0.15) is 0 Å². The van der Waals surface area contributed by atoms with Gasteiger partial charge in [0.1, 0.15) is 0 Å². The molecule has 1 rings (SSSR count). The Bertz CT molecular complexity index is 251. The van der Waals surface area contributed by atoms with Gasteiger partial charge in [-0.05, 0) is 25.5 Å². The van der Waals surface area contributed by atoms with Crippen molar-refractivity contribution in [3.05, 3.63) is 23.8 Å². The zero-order valence-electron chi connectivity index (χ0n) is 7.50. The van der Waals surface area contributed by atoms with E-state index in [9.17, 15) is 9.90 Å². The largest absolute Gasteiger partial charge is 0.388 e. The van der Waals surface area contributed by atoms with Crippen LogP contribution in [-0.4, -0.2) is 17.0 Å². The standard InChI is InChI=1S/C10H14O2/c1-6(2)8-5-9(11)7(3)4-10(8)12/h4,8,10,12H,1,5H2,2-3H3/t8-,10-/m1/s1. The van der Waals surface area contributed by atoms with Gasteiger partial charge in [-0.25, -0.2) is 0 Å². The SMILES string of the molecule is C=C(C)[C@H]1CC(=O)C(C)=C[C@H]1O. The van der Waals surface area contributed by atoms with Crippen LogP contribution in [0.15, 0.2) is 23.8 Å². The Hall–Kier alpha value is -0.890. The number of carbonyl (C=O) groups excluding carboxylic acids is 1. The summed E-state index contributed by atoms with van der Waals surface area (Å²) in [5.41, 5.74) is 1.54. The van der Waals surface area contributed by atoms with Gasteiger partial charge in [-0.15, -0.1) is 0 Å². The predicted molar refractivity (Wildman–Crippen MR) is 47.7 cm³/mol. The Morgan fingerprint density at radius 1 is 1.75 bits per heavy atom. The highest BCUT2D eigenvalue weighted by Gasteiger charge is 2.26. The van der Waals surface area contributed by atoms with Gasteiger partial charge in [0, 0.05) is 12.3 Å². The molecule has 0 spiro atoms. The molecular weight excluding hydrogens is 152 g/mol. The van der Waals surface area contributed by atoms with Crippen LogP contribution < -0.4 is 0 Å². The molecule has 0 bridgehead atoms. The van der Waals surface area contributed by atoms with Gasteiger partial charge in [-0.3, -0.25) is 4.79 Å². The van der Waals surface area contributed by atoms with Crippen LogP contribution in [0.25, 0.3) is 0 Å². The monoisotopic (exact) mass is 166 g/mol. The summed E-state index contributed by atoms with van der Waals surface area (Å²) < 4.78 is 0. The molecular formula is C10H14O2. The van der Waals surface area contributed by atoms with Gasteiger partial charge >= 0.3 is 0 Å². The van der Waals surface area contributed by atoms with Crippen molar-refractivity contribution >= 4 is 5.78 Å². The maximum Gasteiger partial charge on any atom is 0.159 e. The molecule has 1 aliphatic rings. The summed E-state index contributed by atoms with van der Waals surface area (Å²) >= 11 is 0. The van der Waals surface area contributed by atoms with E-state index in [0.29, 0.717) is 12.0 Å². The van der Waals surface area contributed by atoms with Crippen LogP contribution in [-0.2, 0) is 4.79 Å². The van der Waals surface area contributed by atoms with E-state index in [1.54, 1.807) is 13.0 Å². The van der Waals surface area contributed by atoms with Crippen LogP contribution >= 0.6 is 0 Å². The first-order valence-corrected chi connectivity index (χ1v) is 4.07. The van der Waals surface area contributed by atoms with Gasteiger partial charge in [0.25, 0.3) is 0 Å². The molecule has 0 heterocycles. The maximum atomic E-state index is 11.2. The molecule has 0 unspecified atom stereocenters. The first-order valence-electron chi connectivity index (χ1n) is 4.07. The molecule has 0 radical (unpaired) electrons. The topological polar surface area (TPSA) is 37.3 Å². The molecule has 1 aliphatic carbocycles. The van der Waals surface area contributed by atoms with Crippen molar-refractivity contribution in [3.8, 4) is 0 Å². The number of hydrogen-bond donors (Lipinski definition) is 1. The summed E-state index contributed by atoms with van der Waals surface area (Å²) in [4.78, 5) is 11.2. The Balaban J connectivity index is 2.86. The van der Waals surface area contributed by atoms with E-state index in [1.165, 1.54) is 0 Å². The molecule has 12 heavy (non-hydrogen) atoms. The summed E-state index contributed by atoms with van der Waals surface area (Å²) in [7, 11) is 0. The minimum atomic E-state index is -0.528. The second-order valence-electron chi connectivity index (χ2n) is 3.42. The molecule has 0 amide bonds. The predicted octanol–water partition coefficient (Wildman–Crippen LogP) is 1.46. The van der Waals surface area contributed by atoms with Crippen molar-refractivity contribution in [1.82, 2.24) is 0 Å². The number of ketones is 1. The number of allylic oxidation sites excluding steroid dienone is 1. The molecule has 0 aromatic rings. The Labute approximate surface area is 72.6 Å². The van der Waals surface area contributed by atoms with Gasteiger partial charge in [0.15, 0.2) is 5.78 Å². The van der Waals surface area contributed by atoms with E-state index in [-0.39, 0.29) is 11.7 Å². The number of carbonyl (C=O) groups is 1. The molecule has 66 valence electrons. The Kier molecular flexibility index (Phi) is 2.48. The van der Waals surface area contributed by atoms with Crippen molar-refractivity contribution in [1.29, 1.82) is 0 Å². The number of aliphatic hydroxyl groups excluding tert-OH is 1. The second-order valence-corrected chi connectivity index (χ2v) is 3.42. The quantitative estimate of drug-likeness (QED) is 0.599. The fourth-order valence-electron chi connectivity index (χ4n) is 1.41. The molecule has 0 fully saturated rings. The lowest BCUT2D eigenvalue weighted by atomic mass is 9.83. The summed E-state index contributed by atoms with van der Waals surface area (Å²) in [5, 5.41) is 9.54. The smallest absolute Gasteiger partial charge is 0.159 e. The number of Topliss-reactive ketones (excluding diaryl/α,β-unsaturated/α-hetero) is 1. The maximum absolute atomic E-state index is 11.2. The van der Waals surface area contributed by atoms with Crippen LogP contribution in [0.4, 0.5) is 0 Å². The van der Waals surface area contributed by atoms with E-state index < -0.39 is 6.10 Å². The first kappa shape index (κ1) is 9.20. The van der Waals surface area contributed by atoms with Crippen molar-refractivity contribution in [3.63, 3.8) is 0 Å². The molecule has 1 N–H and O–H groups in total. The Morgan fingerprint density at radius 2 is 2.33 bits per heavy atom. The van der Waals surface area contributed by atoms with E-state index >= 15 is 0 Å². The average molecular weight is 166 g/mol. The lowest BCUT2D eigenvalue weighted by Gasteiger charge is -2.24. The van der Waals surface area contributed by atoms with Crippen molar-refractivity contribution < 1.29 is 9.90 Å². The molecule has 2 atom stereocenters. The summed E-state index contributed by atoms with van der Waals surface area (Å²) in [6.07, 6.45) is 1.49. The van der Waals surface area contributed by atoms with Gasteiger partial charge in [0.2, 0.25) is 0 Å². The lowest BCUT2D eigenvalue weighted by molar-refractivity contribution is -0.117. The minimum Gasteiger partial charge on any atom is -0.388 e. The van der Waals surface area contributed by atoms with Crippen LogP contribution in [0.1, 0.15) is 20.3 Å². The van der Waals surface area contributed by atoms with E-state index in [2.05, 4.69) is 6.58 Å². The van der Waals surface area contributed by atoms with Crippen molar-refractivity contribution in [2.24, 2.45) is 5.92 Å². The van der Waals surface area contributed by atoms with Gasteiger partial charge in [0.05, 0.1) is 6.10 Å². The van der Waals surface area contributed by atoms with E-state index in [0.717, 1.165) is 5.57 Å². The highest BCUT2D eigenvalue weighted by molar-refractivity contribution is 5.96. The Morgan fingerprint density at radius 3 is 2.83 bits per heavy atom.